The first-order valence-corrected chi connectivity index (χ1v) is 15.4. The number of nitrogens with one attached hydrogen (secondary N) is 2. The second kappa shape index (κ2) is 20.5. The lowest BCUT2D eigenvalue weighted by Crippen LogP contribution is -2.47. The van der Waals surface area contributed by atoms with E-state index in [-0.39, 0.29) is 18.9 Å². The molecule has 0 rings (SSSR count). The van der Waals surface area contributed by atoms with E-state index >= 15 is 0 Å². The van der Waals surface area contributed by atoms with Crippen LogP contribution in [-0.4, -0.2) is 56.1 Å². The van der Waals surface area contributed by atoms with E-state index in [1.807, 2.05) is 0 Å². The molecule has 1 unspecified atom stereocenters. The van der Waals surface area contributed by atoms with Crippen LogP contribution in [0.1, 0.15) is 124 Å². The minimum Gasteiger partial charge on any atom is -0.396 e. The largest absolute Gasteiger partial charge is 0.396 e. The smallest absolute Gasteiger partial charge is 0.249 e. The second-order valence-electron chi connectivity index (χ2n) is 10.4. The maximum atomic E-state index is 12.0. The van der Waals surface area contributed by atoms with Crippen molar-refractivity contribution in [2.24, 2.45) is 5.41 Å². The van der Waals surface area contributed by atoms with Crippen LogP contribution in [0.15, 0.2) is 0 Å². The SMILES string of the molecule is CCCCCCCCCCCCCCCCCCNS(=O)(=O)CCNC(=O)C(O)C(C)(C)CO. The highest BCUT2D eigenvalue weighted by atomic mass is 32.2. The molecule has 1 amide bonds. The summed E-state index contributed by atoms with van der Waals surface area (Å²) in [5, 5.41) is 21.5. The van der Waals surface area contributed by atoms with Crippen molar-refractivity contribution >= 4 is 15.9 Å². The van der Waals surface area contributed by atoms with Crippen molar-refractivity contribution in [3.8, 4) is 0 Å². The number of sulfonamides is 1. The summed E-state index contributed by atoms with van der Waals surface area (Å²) in [6.45, 7) is 5.37. The predicted molar refractivity (Wildman–Crippen MR) is 141 cm³/mol. The highest BCUT2D eigenvalue weighted by Crippen LogP contribution is 2.19. The predicted octanol–water partition coefficient (Wildman–Crippen LogP) is 4.66. The van der Waals surface area contributed by atoms with Gasteiger partial charge < -0.3 is 15.5 Å². The van der Waals surface area contributed by atoms with Gasteiger partial charge in [0.15, 0.2) is 0 Å². The van der Waals surface area contributed by atoms with Gasteiger partial charge in [0.05, 0.1) is 12.4 Å². The van der Waals surface area contributed by atoms with Gasteiger partial charge in [-0.3, -0.25) is 4.79 Å². The molecule has 0 aliphatic rings. The van der Waals surface area contributed by atoms with E-state index in [1.54, 1.807) is 13.8 Å². The van der Waals surface area contributed by atoms with Crippen molar-refractivity contribution in [1.29, 1.82) is 0 Å². The first kappa shape index (κ1) is 33.3. The topological polar surface area (TPSA) is 116 Å². The highest BCUT2D eigenvalue weighted by Gasteiger charge is 2.32. The number of aliphatic hydroxyl groups excluding tert-OH is 2. The van der Waals surface area contributed by atoms with Gasteiger partial charge in [0.25, 0.3) is 0 Å². The van der Waals surface area contributed by atoms with Crippen molar-refractivity contribution in [3.05, 3.63) is 0 Å². The number of rotatable bonds is 24. The molecule has 0 saturated heterocycles. The monoisotopic (exact) mass is 506 g/mol. The fourth-order valence-corrected chi connectivity index (χ4v) is 4.79. The Morgan fingerprint density at radius 3 is 1.59 bits per heavy atom. The third-order valence-electron chi connectivity index (χ3n) is 6.42. The lowest BCUT2D eigenvalue weighted by molar-refractivity contribution is -0.136. The first-order chi connectivity index (χ1) is 16.2. The molecule has 1 atom stereocenters. The molecule has 0 fully saturated rings. The van der Waals surface area contributed by atoms with Crippen LogP contribution in [0.3, 0.4) is 0 Å². The van der Waals surface area contributed by atoms with Crippen LogP contribution < -0.4 is 10.0 Å². The molecule has 0 aromatic rings. The molecule has 0 aromatic carbocycles. The summed E-state index contributed by atoms with van der Waals surface area (Å²) in [6, 6.07) is 0. The molecule has 34 heavy (non-hydrogen) atoms. The molecule has 0 spiro atoms. The maximum absolute atomic E-state index is 12.0. The number of carbonyl (C=O) groups is 1. The number of carbonyl (C=O) groups excluding carboxylic acids is 1. The van der Waals surface area contributed by atoms with Gasteiger partial charge in [-0.25, -0.2) is 13.1 Å². The Morgan fingerprint density at radius 1 is 0.765 bits per heavy atom. The summed E-state index contributed by atoms with van der Waals surface area (Å²) in [6.07, 6.45) is 19.1. The summed E-state index contributed by atoms with van der Waals surface area (Å²) in [4.78, 5) is 11.9. The summed E-state index contributed by atoms with van der Waals surface area (Å²) < 4.78 is 26.6. The summed E-state index contributed by atoms with van der Waals surface area (Å²) >= 11 is 0. The van der Waals surface area contributed by atoms with E-state index < -0.39 is 27.4 Å². The molecule has 0 heterocycles. The van der Waals surface area contributed by atoms with Gasteiger partial charge in [0.1, 0.15) is 6.10 Å². The van der Waals surface area contributed by atoms with Crippen molar-refractivity contribution < 1.29 is 23.4 Å². The minimum atomic E-state index is -3.46. The van der Waals surface area contributed by atoms with Crippen LogP contribution in [0.25, 0.3) is 0 Å². The average Bonchev–Trinajstić information content (AvgIpc) is 2.80. The number of hydrogen-bond acceptors (Lipinski definition) is 5. The van der Waals surface area contributed by atoms with E-state index in [4.69, 9.17) is 0 Å². The molecule has 0 saturated carbocycles. The van der Waals surface area contributed by atoms with Gasteiger partial charge in [-0.1, -0.05) is 117 Å². The Labute approximate surface area is 209 Å². The summed E-state index contributed by atoms with van der Waals surface area (Å²) in [5.41, 5.74) is -0.978. The zero-order chi connectivity index (χ0) is 25.7. The molecule has 0 aliphatic heterocycles. The van der Waals surface area contributed by atoms with E-state index in [0.29, 0.717) is 6.54 Å². The van der Waals surface area contributed by atoms with Crippen LogP contribution in [0, 0.1) is 5.41 Å². The van der Waals surface area contributed by atoms with Crippen molar-refractivity contribution in [1.82, 2.24) is 10.0 Å². The average molecular weight is 507 g/mol. The molecule has 0 aromatic heterocycles. The van der Waals surface area contributed by atoms with Crippen LogP contribution in [0.2, 0.25) is 0 Å². The Kier molecular flexibility index (Phi) is 20.1. The van der Waals surface area contributed by atoms with Crippen LogP contribution in [0.4, 0.5) is 0 Å². The number of hydrogen-bond donors (Lipinski definition) is 4. The Hall–Kier alpha value is -0.700. The number of aliphatic hydroxyl groups is 2. The number of amides is 1. The third kappa shape index (κ3) is 18.6. The molecule has 0 aliphatic carbocycles. The first-order valence-electron chi connectivity index (χ1n) is 13.7. The molecule has 0 bridgehead atoms. The van der Waals surface area contributed by atoms with E-state index in [9.17, 15) is 23.4 Å². The van der Waals surface area contributed by atoms with E-state index in [1.165, 1.54) is 83.5 Å². The Bertz CT molecular complexity index is 596. The van der Waals surface area contributed by atoms with Gasteiger partial charge in [0.2, 0.25) is 15.9 Å². The fraction of sp³-hybridized carbons (Fsp3) is 0.962. The molecular formula is C26H54N2O5S. The van der Waals surface area contributed by atoms with Crippen LogP contribution >= 0.6 is 0 Å². The van der Waals surface area contributed by atoms with Crippen molar-refractivity contribution in [3.63, 3.8) is 0 Å². The molecule has 0 radical (unpaired) electrons. The Balaban J connectivity index is 3.54. The lowest BCUT2D eigenvalue weighted by atomic mass is 9.87. The van der Waals surface area contributed by atoms with Gasteiger partial charge in [-0.15, -0.1) is 0 Å². The summed E-state index contributed by atoms with van der Waals surface area (Å²) in [7, 11) is -3.46. The van der Waals surface area contributed by atoms with E-state index in [2.05, 4.69) is 17.0 Å². The molecule has 4 N–H and O–H groups in total. The van der Waals surface area contributed by atoms with Crippen molar-refractivity contribution in [2.75, 3.05) is 25.4 Å². The standard InChI is InChI=1S/C26H54N2O5S/c1-4-5-6-7-8-9-10-11-12-13-14-15-16-17-18-19-20-28-34(32,33)22-21-27-25(31)24(30)26(2,3)23-29/h24,28-30H,4-23H2,1-3H3,(H,27,31). The van der Waals surface area contributed by atoms with Crippen molar-refractivity contribution in [2.45, 2.75) is 130 Å². The molecule has 8 heteroatoms. The van der Waals surface area contributed by atoms with Gasteiger partial charge in [-0.05, 0) is 6.42 Å². The highest BCUT2D eigenvalue weighted by molar-refractivity contribution is 7.89. The van der Waals surface area contributed by atoms with Gasteiger partial charge in [0, 0.05) is 18.5 Å². The van der Waals surface area contributed by atoms with Gasteiger partial charge >= 0.3 is 0 Å². The molecule has 204 valence electrons. The normalized spacial score (nSPS) is 13.2. The zero-order valence-corrected chi connectivity index (χ0v) is 23.1. The summed E-state index contributed by atoms with van der Waals surface area (Å²) in [5.74, 6) is -0.906. The quantitative estimate of drug-likeness (QED) is 0.142. The fourth-order valence-electron chi connectivity index (χ4n) is 3.82. The zero-order valence-electron chi connectivity index (χ0n) is 22.2. The maximum Gasteiger partial charge on any atom is 0.249 e. The third-order valence-corrected chi connectivity index (χ3v) is 7.80. The molecule has 7 nitrogen and oxygen atoms in total. The van der Waals surface area contributed by atoms with E-state index in [0.717, 1.165) is 19.3 Å². The second-order valence-corrected chi connectivity index (χ2v) is 12.3. The van der Waals surface area contributed by atoms with Crippen LogP contribution in [-0.2, 0) is 14.8 Å². The lowest BCUT2D eigenvalue weighted by Gasteiger charge is -2.27. The van der Waals surface area contributed by atoms with Crippen LogP contribution in [0.5, 0.6) is 0 Å². The minimum absolute atomic E-state index is 0.0777. The molecular weight excluding hydrogens is 452 g/mol. The Morgan fingerprint density at radius 2 is 1.18 bits per heavy atom. The van der Waals surface area contributed by atoms with Gasteiger partial charge in [-0.2, -0.15) is 0 Å². The number of unbranched alkanes of at least 4 members (excludes halogenated alkanes) is 15.